The maximum atomic E-state index is 6.01. The number of aromatic nitrogens is 7. The number of nitrogens with one attached hydrogen (secondary N) is 1. The minimum atomic E-state index is 0.159. The maximum absolute atomic E-state index is 6.01. The second kappa shape index (κ2) is 7.74. The molecule has 4 aromatic rings. The van der Waals surface area contributed by atoms with Crippen LogP contribution in [-0.4, -0.2) is 47.9 Å². The average Bonchev–Trinajstić information content (AvgIpc) is 3.38. The summed E-state index contributed by atoms with van der Waals surface area (Å²) >= 11 is 0. The predicted molar refractivity (Wildman–Crippen MR) is 113 cm³/mol. The van der Waals surface area contributed by atoms with Crippen LogP contribution in [0.2, 0.25) is 0 Å². The van der Waals surface area contributed by atoms with Gasteiger partial charge in [-0.1, -0.05) is 0 Å². The Morgan fingerprint density at radius 2 is 2.03 bits per heavy atom. The van der Waals surface area contributed by atoms with Gasteiger partial charge in [-0.05, 0) is 31.7 Å². The van der Waals surface area contributed by atoms with E-state index in [0.29, 0.717) is 11.9 Å². The van der Waals surface area contributed by atoms with Crippen molar-refractivity contribution in [3.05, 3.63) is 43.0 Å². The van der Waals surface area contributed by atoms with Gasteiger partial charge in [-0.2, -0.15) is 15.3 Å². The highest BCUT2D eigenvalue weighted by atomic mass is 16.5. The van der Waals surface area contributed by atoms with Gasteiger partial charge in [-0.25, -0.2) is 4.98 Å². The number of ether oxygens (including phenoxy) is 1. The number of hydrogen-bond donors (Lipinski definition) is 1. The third-order valence-electron chi connectivity index (χ3n) is 5.65. The number of rotatable bonds is 5. The summed E-state index contributed by atoms with van der Waals surface area (Å²) in [7, 11) is 3.80. The van der Waals surface area contributed by atoms with Gasteiger partial charge in [0.2, 0.25) is 5.88 Å². The molecule has 9 nitrogen and oxygen atoms in total. The third kappa shape index (κ3) is 3.47. The highest BCUT2D eigenvalue weighted by molar-refractivity contribution is 5.93. The van der Waals surface area contributed by atoms with Gasteiger partial charge < -0.3 is 10.1 Å². The third-order valence-corrected chi connectivity index (χ3v) is 5.65. The number of hydrogen-bond acceptors (Lipinski definition) is 7. The molecule has 1 N–H and O–H groups in total. The fourth-order valence-electron chi connectivity index (χ4n) is 4.13. The second-order valence-corrected chi connectivity index (χ2v) is 7.64. The Hall–Kier alpha value is -3.49. The Morgan fingerprint density at radius 1 is 1.17 bits per heavy atom. The van der Waals surface area contributed by atoms with E-state index >= 15 is 0 Å². The summed E-state index contributed by atoms with van der Waals surface area (Å²) in [6, 6.07) is 6.08. The lowest BCUT2D eigenvalue weighted by atomic mass is 9.93. The van der Waals surface area contributed by atoms with E-state index in [2.05, 4.69) is 36.3 Å². The summed E-state index contributed by atoms with van der Waals surface area (Å²) < 4.78 is 9.97. The van der Waals surface area contributed by atoms with Crippen molar-refractivity contribution in [1.82, 2.24) is 34.7 Å². The molecule has 1 fully saturated rings. The summed E-state index contributed by atoms with van der Waals surface area (Å²) in [4.78, 5) is 4.51. The molecular formula is C21H24N8O. The average molecular weight is 404 g/mol. The molecule has 4 heterocycles. The van der Waals surface area contributed by atoms with Crippen LogP contribution < -0.4 is 10.1 Å². The predicted octanol–water partition coefficient (Wildman–Crippen LogP) is 3.23. The molecule has 1 aliphatic carbocycles. The molecule has 1 aliphatic rings. The van der Waals surface area contributed by atoms with E-state index in [1.807, 2.05) is 44.8 Å². The van der Waals surface area contributed by atoms with Gasteiger partial charge in [-0.15, -0.1) is 5.10 Å². The van der Waals surface area contributed by atoms with Crippen LogP contribution in [0.5, 0.6) is 5.88 Å². The highest BCUT2D eigenvalue weighted by Crippen LogP contribution is 2.36. The molecular weight excluding hydrogens is 380 g/mol. The van der Waals surface area contributed by atoms with E-state index in [0.717, 1.165) is 53.7 Å². The molecule has 5 rings (SSSR count). The standard InChI is InChI=1S/C21H24N8O/c1-22-19-10-18-17(12-23-19)21(14-11-25-28(2)13-14)27-29(18)15-5-7-16(8-6-15)30-20-4-3-9-24-26-20/h3-4,9-13,15-16H,5-8H2,1-2H3,(H,22,23)/t15-,16-. The van der Waals surface area contributed by atoms with E-state index < -0.39 is 0 Å². The fraction of sp³-hybridized carbons (Fsp3) is 0.381. The Morgan fingerprint density at radius 3 is 2.73 bits per heavy atom. The number of anilines is 1. The van der Waals surface area contributed by atoms with E-state index in [4.69, 9.17) is 9.84 Å². The van der Waals surface area contributed by atoms with Gasteiger partial charge in [0.25, 0.3) is 0 Å². The zero-order valence-electron chi connectivity index (χ0n) is 17.1. The van der Waals surface area contributed by atoms with Crippen LogP contribution in [0.1, 0.15) is 31.7 Å². The molecule has 0 unspecified atom stereocenters. The monoisotopic (exact) mass is 404 g/mol. The quantitative estimate of drug-likeness (QED) is 0.545. The number of nitrogens with zero attached hydrogens (tertiary/aromatic N) is 7. The Balaban J connectivity index is 1.42. The van der Waals surface area contributed by atoms with Crippen molar-refractivity contribution in [2.45, 2.75) is 37.8 Å². The lowest BCUT2D eigenvalue weighted by Gasteiger charge is -2.29. The largest absolute Gasteiger partial charge is 0.473 e. The Labute approximate surface area is 174 Å². The molecule has 0 spiro atoms. The normalized spacial score (nSPS) is 19.1. The summed E-state index contributed by atoms with van der Waals surface area (Å²) in [6.45, 7) is 0. The lowest BCUT2D eigenvalue weighted by molar-refractivity contribution is 0.124. The van der Waals surface area contributed by atoms with Crippen LogP contribution >= 0.6 is 0 Å². The molecule has 0 atom stereocenters. The molecule has 0 radical (unpaired) electrons. The van der Waals surface area contributed by atoms with Crippen LogP contribution in [0.25, 0.3) is 22.2 Å². The minimum Gasteiger partial charge on any atom is -0.473 e. The zero-order valence-corrected chi connectivity index (χ0v) is 17.1. The molecule has 0 saturated heterocycles. The maximum Gasteiger partial charge on any atom is 0.233 e. The number of fused-ring (bicyclic) bond motifs is 1. The van der Waals surface area contributed by atoms with Crippen molar-refractivity contribution in [3.63, 3.8) is 0 Å². The SMILES string of the molecule is CNc1cc2c(cn1)c(-c1cnn(C)c1)nn2[C@H]1CC[C@H](Oc2cccnn2)CC1. The van der Waals surface area contributed by atoms with Crippen molar-refractivity contribution >= 4 is 16.7 Å². The number of aryl methyl sites for hydroxylation is 1. The first kappa shape index (κ1) is 18.5. The molecule has 1 saturated carbocycles. The van der Waals surface area contributed by atoms with E-state index in [9.17, 15) is 0 Å². The van der Waals surface area contributed by atoms with Crippen molar-refractivity contribution in [3.8, 4) is 17.1 Å². The van der Waals surface area contributed by atoms with Crippen LogP contribution in [0.15, 0.2) is 43.0 Å². The van der Waals surface area contributed by atoms with Gasteiger partial charge in [-0.3, -0.25) is 9.36 Å². The second-order valence-electron chi connectivity index (χ2n) is 7.64. The summed E-state index contributed by atoms with van der Waals surface area (Å²) in [5, 5.41) is 21.4. The smallest absolute Gasteiger partial charge is 0.233 e. The van der Waals surface area contributed by atoms with E-state index in [1.165, 1.54) is 0 Å². The highest BCUT2D eigenvalue weighted by Gasteiger charge is 2.27. The Bertz CT molecular complexity index is 1140. The zero-order chi connectivity index (χ0) is 20.5. The first-order valence-corrected chi connectivity index (χ1v) is 10.2. The van der Waals surface area contributed by atoms with Crippen LogP contribution in [0.4, 0.5) is 5.82 Å². The van der Waals surface area contributed by atoms with Gasteiger partial charge in [0.05, 0.1) is 17.8 Å². The molecule has 30 heavy (non-hydrogen) atoms. The molecule has 154 valence electrons. The Kier molecular flexibility index (Phi) is 4.78. The van der Waals surface area contributed by atoms with Crippen molar-refractivity contribution in [2.24, 2.45) is 7.05 Å². The van der Waals surface area contributed by atoms with Crippen molar-refractivity contribution in [2.75, 3.05) is 12.4 Å². The topological polar surface area (TPSA) is 95.6 Å². The molecule has 0 aliphatic heterocycles. The van der Waals surface area contributed by atoms with Crippen molar-refractivity contribution in [1.29, 1.82) is 0 Å². The van der Waals surface area contributed by atoms with E-state index in [1.54, 1.807) is 10.9 Å². The van der Waals surface area contributed by atoms with Crippen molar-refractivity contribution < 1.29 is 4.74 Å². The summed E-state index contributed by atoms with van der Waals surface area (Å²) in [5.41, 5.74) is 3.01. The first-order chi connectivity index (χ1) is 14.7. The summed E-state index contributed by atoms with van der Waals surface area (Å²) in [6.07, 6.45) is 11.4. The van der Waals surface area contributed by atoms with Crippen LogP contribution in [-0.2, 0) is 7.05 Å². The molecule has 9 heteroatoms. The number of pyridine rings is 1. The molecule has 4 aromatic heterocycles. The fourth-order valence-corrected chi connectivity index (χ4v) is 4.13. The van der Waals surface area contributed by atoms with Gasteiger partial charge in [0.1, 0.15) is 17.6 Å². The first-order valence-electron chi connectivity index (χ1n) is 10.2. The molecule has 0 bridgehead atoms. The van der Waals surface area contributed by atoms with Gasteiger partial charge in [0, 0.05) is 55.8 Å². The lowest BCUT2D eigenvalue weighted by Crippen LogP contribution is -2.26. The summed E-state index contributed by atoms with van der Waals surface area (Å²) in [5.74, 6) is 1.43. The van der Waals surface area contributed by atoms with Crippen LogP contribution in [0.3, 0.4) is 0 Å². The molecule has 0 amide bonds. The molecule has 0 aromatic carbocycles. The van der Waals surface area contributed by atoms with Gasteiger partial charge >= 0.3 is 0 Å². The van der Waals surface area contributed by atoms with E-state index in [-0.39, 0.29) is 6.10 Å². The van der Waals surface area contributed by atoms with Crippen LogP contribution in [0, 0.1) is 0 Å². The van der Waals surface area contributed by atoms with Gasteiger partial charge in [0.15, 0.2) is 0 Å². The minimum absolute atomic E-state index is 0.159.